The summed E-state index contributed by atoms with van der Waals surface area (Å²) in [5, 5.41) is 2.09. The standard InChI is InChI=1S/C13H16F2N2O3S/c1-3-8-17(21(2,19)20)9-7-12(18)16-13-10(14)5-4-6-11(13)15/h3-6H,1,7-9H2,2H3,(H,16,18). The van der Waals surface area contributed by atoms with Crippen LogP contribution < -0.4 is 5.32 Å². The fourth-order valence-corrected chi connectivity index (χ4v) is 2.38. The van der Waals surface area contributed by atoms with Crippen LogP contribution in [0.25, 0.3) is 0 Å². The second-order valence-electron chi connectivity index (χ2n) is 4.30. The van der Waals surface area contributed by atoms with E-state index in [4.69, 9.17) is 0 Å². The van der Waals surface area contributed by atoms with Gasteiger partial charge in [0, 0.05) is 19.5 Å². The molecule has 0 aliphatic rings. The number of benzene rings is 1. The van der Waals surface area contributed by atoms with Gasteiger partial charge >= 0.3 is 0 Å². The highest BCUT2D eigenvalue weighted by Gasteiger charge is 2.17. The van der Waals surface area contributed by atoms with E-state index in [1.165, 1.54) is 12.1 Å². The molecule has 0 aliphatic carbocycles. The average Bonchev–Trinajstić information content (AvgIpc) is 2.37. The number of carbonyl (C=O) groups is 1. The predicted molar refractivity (Wildman–Crippen MR) is 76.2 cm³/mol. The summed E-state index contributed by atoms with van der Waals surface area (Å²) >= 11 is 0. The lowest BCUT2D eigenvalue weighted by Crippen LogP contribution is -2.33. The number of anilines is 1. The minimum atomic E-state index is -3.48. The summed E-state index contributed by atoms with van der Waals surface area (Å²) in [7, 11) is -3.48. The smallest absolute Gasteiger partial charge is 0.225 e. The molecule has 116 valence electrons. The van der Waals surface area contributed by atoms with Gasteiger partial charge in [0.15, 0.2) is 0 Å². The minimum Gasteiger partial charge on any atom is -0.321 e. The number of hydrogen-bond acceptors (Lipinski definition) is 3. The molecule has 0 spiro atoms. The van der Waals surface area contributed by atoms with Gasteiger partial charge in [0.05, 0.1) is 6.26 Å². The first-order valence-electron chi connectivity index (χ1n) is 6.05. The van der Waals surface area contributed by atoms with Crippen molar-refractivity contribution in [1.82, 2.24) is 4.31 Å². The van der Waals surface area contributed by atoms with Gasteiger partial charge in [-0.1, -0.05) is 12.1 Å². The van der Waals surface area contributed by atoms with Crippen LogP contribution in [0.3, 0.4) is 0 Å². The van der Waals surface area contributed by atoms with Gasteiger partial charge in [-0.15, -0.1) is 6.58 Å². The molecule has 0 saturated carbocycles. The third kappa shape index (κ3) is 5.24. The SMILES string of the molecule is C=CCN(CCC(=O)Nc1c(F)cccc1F)S(C)(=O)=O. The molecule has 0 radical (unpaired) electrons. The Morgan fingerprint density at radius 2 is 1.95 bits per heavy atom. The van der Waals surface area contributed by atoms with Gasteiger partial charge < -0.3 is 5.32 Å². The topological polar surface area (TPSA) is 66.5 Å². The van der Waals surface area contributed by atoms with Gasteiger partial charge in [-0.25, -0.2) is 17.2 Å². The normalized spacial score (nSPS) is 11.4. The second kappa shape index (κ2) is 7.28. The number of nitrogens with zero attached hydrogens (tertiary/aromatic N) is 1. The van der Waals surface area contributed by atoms with E-state index in [-0.39, 0.29) is 19.5 Å². The molecular formula is C13H16F2N2O3S. The molecule has 0 aromatic heterocycles. The highest BCUT2D eigenvalue weighted by atomic mass is 32.2. The molecule has 0 fully saturated rings. The molecule has 21 heavy (non-hydrogen) atoms. The van der Waals surface area contributed by atoms with Crippen LogP contribution in [0.1, 0.15) is 6.42 Å². The van der Waals surface area contributed by atoms with Gasteiger partial charge in [-0.2, -0.15) is 4.31 Å². The minimum absolute atomic E-state index is 0.0557. The molecule has 5 nitrogen and oxygen atoms in total. The van der Waals surface area contributed by atoms with Crippen molar-refractivity contribution in [3.05, 3.63) is 42.5 Å². The Bertz CT molecular complexity index is 612. The van der Waals surface area contributed by atoms with Crippen molar-refractivity contribution in [3.8, 4) is 0 Å². The van der Waals surface area contributed by atoms with E-state index in [0.717, 1.165) is 22.7 Å². The Balaban J connectivity index is 2.68. The summed E-state index contributed by atoms with van der Waals surface area (Å²) in [5.41, 5.74) is -0.544. The van der Waals surface area contributed by atoms with Gasteiger partial charge in [0.2, 0.25) is 15.9 Å². The van der Waals surface area contributed by atoms with Crippen molar-refractivity contribution < 1.29 is 22.0 Å². The van der Waals surface area contributed by atoms with Crippen molar-refractivity contribution >= 4 is 21.6 Å². The Kier molecular flexibility index (Phi) is 5.98. The summed E-state index contributed by atoms with van der Waals surface area (Å²) in [5.74, 6) is -2.47. The number of hydrogen-bond donors (Lipinski definition) is 1. The zero-order valence-electron chi connectivity index (χ0n) is 11.5. The van der Waals surface area contributed by atoms with Crippen molar-refractivity contribution in [2.75, 3.05) is 24.7 Å². The molecule has 0 saturated heterocycles. The number of rotatable bonds is 7. The lowest BCUT2D eigenvalue weighted by molar-refractivity contribution is -0.116. The molecule has 8 heteroatoms. The first-order chi connectivity index (χ1) is 9.75. The average molecular weight is 318 g/mol. The van der Waals surface area contributed by atoms with Gasteiger partial charge in [-0.3, -0.25) is 4.79 Å². The van der Waals surface area contributed by atoms with E-state index in [9.17, 15) is 22.0 Å². The number of para-hydroxylation sites is 1. The van der Waals surface area contributed by atoms with Crippen molar-refractivity contribution in [1.29, 1.82) is 0 Å². The molecule has 1 aromatic rings. The molecule has 0 unspecified atom stereocenters. The number of halogens is 2. The molecule has 1 rings (SSSR count). The maximum atomic E-state index is 13.3. The predicted octanol–water partition coefficient (Wildman–Crippen LogP) is 1.74. The molecule has 1 amide bonds. The summed E-state index contributed by atoms with van der Waals surface area (Å²) < 4.78 is 50.6. The zero-order valence-corrected chi connectivity index (χ0v) is 12.3. The van der Waals surface area contributed by atoms with Gasteiger partial charge in [0.25, 0.3) is 0 Å². The van der Waals surface area contributed by atoms with E-state index in [2.05, 4.69) is 11.9 Å². The molecule has 0 heterocycles. The fourth-order valence-electron chi connectivity index (χ4n) is 1.58. The Morgan fingerprint density at radius 1 is 1.38 bits per heavy atom. The number of sulfonamides is 1. The van der Waals surface area contributed by atoms with Crippen LogP contribution in [0.4, 0.5) is 14.5 Å². The van der Waals surface area contributed by atoms with Crippen molar-refractivity contribution in [2.45, 2.75) is 6.42 Å². The maximum absolute atomic E-state index is 13.3. The summed E-state index contributed by atoms with van der Waals surface area (Å²) in [6, 6.07) is 3.20. The Morgan fingerprint density at radius 3 is 2.43 bits per heavy atom. The maximum Gasteiger partial charge on any atom is 0.225 e. The summed E-state index contributed by atoms with van der Waals surface area (Å²) in [6.07, 6.45) is 2.16. The molecule has 0 atom stereocenters. The largest absolute Gasteiger partial charge is 0.321 e. The van der Waals surface area contributed by atoms with Crippen LogP contribution in [-0.4, -0.2) is 38.0 Å². The van der Waals surface area contributed by atoms with Crippen LogP contribution in [0.15, 0.2) is 30.9 Å². The monoisotopic (exact) mass is 318 g/mol. The number of nitrogens with one attached hydrogen (secondary N) is 1. The Hall–Kier alpha value is -1.80. The van der Waals surface area contributed by atoms with Crippen LogP contribution in [0.5, 0.6) is 0 Å². The third-order valence-corrected chi connectivity index (χ3v) is 3.89. The first-order valence-corrected chi connectivity index (χ1v) is 7.90. The van der Waals surface area contributed by atoms with Crippen LogP contribution in [0, 0.1) is 11.6 Å². The second-order valence-corrected chi connectivity index (χ2v) is 6.29. The molecule has 1 aromatic carbocycles. The van der Waals surface area contributed by atoms with Crippen molar-refractivity contribution in [2.24, 2.45) is 0 Å². The first kappa shape index (κ1) is 17.3. The lowest BCUT2D eigenvalue weighted by Gasteiger charge is -2.17. The summed E-state index contributed by atoms with van der Waals surface area (Å²) in [6.45, 7) is 3.38. The van der Waals surface area contributed by atoms with E-state index >= 15 is 0 Å². The Labute approximate surface area is 122 Å². The zero-order chi connectivity index (χ0) is 16.0. The fraction of sp³-hybridized carbons (Fsp3) is 0.308. The van der Waals surface area contributed by atoms with E-state index < -0.39 is 33.3 Å². The summed E-state index contributed by atoms with van der Waals surface area (Å²) in [4.78, 5) is 11.7. The highest BCUT2D eigenvalue weighted by molar-refractivity contribution is 7.88. The van der Waals surface area contributed by atoms with Crippen molar-refractivity contribution in [3.63, 3.8) is 0 Å². The molecule has 0 aliphatic heterocycles. The van der Waals surface area contributed by atoms with Gasteiger partial charge in [0.1, 0.15) is 17.3 Å². The number of carbonyl (C=O) groups excluding carboxylic acids is 1. The molecule has 1 N–H and O–H groups in total. The van der Waals surface area contributed by atoms with Crippen LogP contribution in [0.2, 0.25) is 0 Å². The highest BCUT2D eigenvalue weighted by Crippen LogP contribution is 2.18. The lowest BCUT2D eigenvalue weighted by atomic mass is 10.2. The van der Waals surface area contributed by atoms with E-state index in [1.807, 2.05) is 0 Å². The molecule has 0 bridgehead atoms. The van der Waals surface area contributed by atoms with Crippen LogP contribution in [-0.2, 0) is 14.8 Å². The number of amides is 1. The van der Waals surface area contributed by atoms with E-state index in [0.29, 0.717) is 0 Å². The quantitative estimate of drug-likeness (QED) is 0.779. The van der Waals surface area contributed by atoms with E-state index in [1.54, 1.807) is 0 Å². The van der Waals surface area contributed by atoms with Gasteiger partial charge in [-0.05, 0) is 12.1 Å². The molecular weight excluding hydrogens is 302 g/mol. The third-order valence-electron chi connectivity index (χ3n) is 2.62. The van der Waals surface area contributed by atoms with Crippen LogP contribution >= 0.6 is 0 Å².